The number of carbonyl (C=O) groups is 3. The van der Waals surface area contributed by atoms with Gasteiger partial charge in [0, 0.05) is 12.8 Å². The van der Waals surface area contributed by atoms with Gasteiger partial charge in [0.25, 0.3) is 0 Å². The summed E-state index contributed by atoms with van der Waals surface area (Å²) in [6.45, 7) is 1.17. The Labute approximate surface area is 113 Å². The van der Waals surface area contributed by atoms with Crippen molar-refractivity contribution < 1.29 is 36.0 Å². The van der Waals surface area contributed by atoms with E-state index in [4.69, 9.17) is 5.73 Å². The summed E-state index contributed by atoms with van der Waals surface area (Å²) in [4.78, 5) is 30.3. The van der Waals surface area contributed by atoms with Crippen molar-refractivity contribution in [1.82, 2.24) is 5.32 Å². The molecule has 3 N–H and O–H groups in total. The number of carbonyl (C=O) groups excluding carboxylic acids is 3. The minimum atomic E-state index is -0.701. The first-order chi connectivity index (χ1) is 7.70. The fourth-order valence-corrected chi connectivity index (χ4v) is 0.928. The molecule has 0 aromatic heterocycles. The lowest BCUT2D eigenvalue weighted by Crippen LogP contribution is -3.00. The van der Waals surface area contributed by atoms with Crippen molar-refractivity contribution in [2.24, 2.45) is 5.73 Å². The molecule has 1 saturated heterocycles. The van der Waals surface area contributed by atoms with E-state index in [1.165, 1.54) is 0 Å². The zero-order valence-electron chi connectivity index (χ0n) is 10.9. The van der Waals surface area contributed by atoms with Gasteiger partial charge in [-0.1, -0.05) is 0 Å². The van der Waals surface area contributed by atoms with Gasteiger partial charge in [-0.05, 0) is 0 Å². The second-order valence-electron chi connectivity index (χ2n) is 4.65. The van der Waals surface area contributed by atoms with Crippen LogP contribution in [-0.4, -0.2) is 56.7 Å². The van der Waals surface area contributed by atoms with Gasteiger partial charge in [-0.25, -0.2) is 4.79 Å². The van der Waals surface area contributed by atoms with E-state index in [9.17, 15) is 14.4 Å². The molecule has 8 heteroatoms. The summed E-state index contributed by atoms with van der Waals surface area (Å²) in [5, 5.41) is 2.14. The van der Waals surface area contributed by atoms with Crippen LogP contribution >= 0.6 is 0 Å². The van der Waals surface area contributed by atoms with Crippen molar-refractivity contribution in [3.05, 3.63) is 0 Å². The second kappa shape index (κ2) is 8.71. The molecule has 0 aromatic carbocycles. The Morgan fingerprint density at radius 3 is 1.94 bits per heavy atom. The number of hydrogen-bond donors (Lipinski definition) is 2. The molecule has 0 unspecified atom stereocenters. The van der Waals surface area contributed by atoms with E-state index in [1.807, 2.05) is 21.1 Å². The van der Waals surface area contributed by atoms with Gasteiger partial charge < -0.3 is 27.4 Å². The molecular formula is C10H20ClN3O4. The maximum Gasteiger partial charge on any atom is 0.404 e. The molecule has 0 spiro atoms. The fourth-order valence-electron chi connectivity index (χ4n) is 0.928. The highest BCUT2D eigenvalue weighted by Crippen LogP contribution is 1.95. The van der Waals surface area contributed by atoms with Crippen molar-refractivity contribution in [3.63, 3.8) is 0 Å². The highest BCUT2D eigenvalue weighted by atomic mass is 35.5. The van der Waals surface area contributed by atoms with Crippen LogP contribution in [0.25, 0.3) is 0 Å². The lowest BCUT2D eigenvalue weighted by Gasteiger charge is -2.22. The van der Waals surface area contributed by atoms with Crippen molar-refractivity contribution in [1.29, 1.82) is 0 Å². The van der Waals surface area contributed by atoms with Crippen molar-refractivity contribution in [2.75, 3.05) is 34.3 Å². The number of primary amides is 1. The number of hydrogen-bond acceptors (Lipinski definition) is 4. The number of nitrogens with zero attached hydrogens (tertiary/aromatic N) is 1. The lowest BCUT2D eigenvalue weighted by atomic mass is 10.4. The van der Waals surface area contributed by atoms with E-state index >= 15 is 0 Å². The zero-order valence-corrected chi connectivity index (χ0v) is 11.6. The van der Waals surface area contributed by atoms with Crippen LogP contribution in [0.2, 0.25) is 0 Å². The van der Waals surface area contributed by atoms with Gasteiger partial charge in [-0.2, -0.15) is 0 Å². The highest BCUT2D eigenvalue weighted by Gasteiger charge is 2.15. The Balaban J connectivity index is 0. The normalized spacial score (nSPS) is 13.9. The number of rotatable bonds is 3. The van der Waals surface area contributed by atoms with E-state index in [0.717, 1.165) is 11.0 Å². The fraction of sp³-hybridized carbons (Fsp3) is 0.700. The summed E-state index contributed by atoms with van der Waals surface area (Å²) in [5.41, 5.74) is 4.75. The second-order valence-corrected chi connectivity index (χ2v) is 4.65. The summed E-state index contributed by atoms with van der Waals surface area (Å²) in [7, 11) is 6.05. The van der Waals surface area contributed by atoms with Crippen molar-refractivity contribution >= 4 is 17.9 Å². The minimum absolute atomic E-state index is 0. The largest absolute Gasteiger partial charge is 1.00 e. The highest BCUT2D eigenvalue weighted by molar-refractivity contribution is 6.01. The third kappa shape index (κ3) is 12.7. The molecule has 1 aliphatic heterocycles. The number of likely N-dealkylation sites (N-methyl/N-ethyl adjacent to an activating group) is 1. The average molecular weight is 282 g/mol. The Morgan fingerprint density at radius 1 is 1.28 bits per heavy atom. The number of quaternary nitrogens is 1. The van der Waals surface area contributed by atoms with E-state index in [-0.39, 0.29) is 24.2 Å². The zero-order chi connectivity index (χ0) is 13.5. The summed E-state index contributed by atoms with van der Waals surface area (Å²) < 4.78 is 5.31. The quantitative estimate of drug-likeness (QED) is 0.410. The van der Waals surface area contributed by atoms with Gasteiger partial charge in [-0.15, -0.1) is 0 Å². The van der Waals surface area contributed by atoms with Crippen LogP contribution in [0.4, 0.5) is 4.79 Å². The van der Waals surface area contributed by atoms with Crippen LogP contribution in [-0.2, 0) is 14.3 Å². The topological polar surface area (TPSA) is 98.5 Å². The number of amides is 3. The molecule has 0 bridgehead atoms. The van der Waals surface area contributed by atoms with Crippen LogP contribution in [0.5, 0.6) is 0 Å². The first-order valence-electron chi connectivity index (χ1n) is 5.26. The number of imide groups is 1. The maximum absolute atomic E-state index is 10.1. The van der Waals surface area contributed by atoms with Gasteiger partial charge in [-0.3, -0.25) is 14.9 Å². The Kier molecular flexibility index (Phi) is 9.20. The Bertz CT molecular complexity index is 288. The smallest absolute Gasteiger partial charge is 0.404 e. The molecule has 0 aliphatic carbocycles. The van der Waals surface area contributed by atoms with Gasteiger partial charge in [0.05, 0.1) is 21.1 Å². The van der Waals surface area contributed by atoms with E-state index < -0.39 is 6.09 Å². The molecule has 0 aromatic rings. The molecule has 18 heavy (non-hydrogen) atoms. The molecule has 7 nitrogen and oxygen atoms in total. The van der Waals surface area contributed by atoms with E-state index in [0.29, 0.717) is 19.4 Å². The van der Waals surface area contributed by atoms with Gasteiger partial charge in [0.1, 0.15) is 13.2 Å². The average Bonchev–Trinajstić information content (AvgIpc) is 2.47. The predicted octanol–water partition coefficient (Wildman–Crippen LogP) is -3.79. The van der Waals surface area contributed by atoms with Crippen LogP contribution in [0.15, 0.2) is 0 Å². The molecule has 1 heterocycles. The number of nitrogens with one attached hydrogen (secondary N) is 1. The van der Waals surface area contributed by atoms with Crippen LogP contribution in [0.3, 0.4) is 0 Å². The lowest BCUT2D eigenvalue weighted by molar-refractivity contribution is -0.870. The molecule has 1 aliphatic rings. The molecule has 0 saturated carbocycles. The monoisotopic (exact) mass is 281 g/mol. The number of nitrogens with two attached hydrogens (primary N) is 1. The van der Waals surface area contributed by atoms with Crippen LogP contribution < -0.4 is 23.5 Å². The third-order valence-corrected chi connectivity index (χ3v) is 1.86. The van der Waals surface area contributed by atoms with E-state index in [1.54, 1.807) is 0 Å². The summed E-state index contributed by atoms with van der Waals surface area (Å²) in [5.74, 6) is -0.296. The molecule has 0 radical (unpaired) electrons. The minimum Gasteiger partial charge on any atom is -1.00 e. The van der Waals surface area contributed by atoms with Gasteiger partial charge in [0.2, 0.25) is 11.8 Å². The third-order valence-electron chi connectivity index (χ3n) is 1.86. The summed E-state index contributed by atoms with van der Waals surface area (Å²) in [6.07, 6.45) is 0.0472. The van der Waals surface area contributed by atoms with Gasteiger partial charge >= 0.3 is 6.09 Å². The maximum atomic E-state index is 10.1. The summed E-state index contributed by atoms with van der Waals surface area (Å²) >= 11 is 0. The first-order valence-corrected chi connectivity index (χ1v) is 5.26. The Morgan fingerprint density at radius 2 is 1.72 bits per heavy atom. The number of halogens is 1. The molecular weight excluding hydrogens is 262 g/mol. The number of ether oxygens (including phenoxy) is 1. The van der Waals surface area contributed by atoms with Crippen molar-refractivity contribution in [2.45, 2.75) is 12.8 Å². The predicted molar refractivity (Wildman–Crippen MR) is 60.8 cm³/mol. The molecule has 1 fully saturated rings. The van der Waals surface area contributed by atoms with Crippen LogP contribution in [0, 0.1) is 0 Å². The molecule has 1 rings (SSSR count). The van der Waals surface area contributed by atoms with E-state index in [2.05, 4.69) is 10.1 Å². The van der Waals surface area contributed by atoms with Crippen molar-refractivity contribution in [3.8, 4) is 0 Å². The Hall–Kier alpha value is -1.34. The standard InChI is InChI=1S/C6H14N2O2.C4H5NO2.ClH/c1-8(2,3)4-5-10-6(7)9;6-3-1-2-4(7)5-3;/h4-5H2,1-3H3,(H-,7,9);1-2H2,(H,5,6,7);1H. The molecule has 0 atom stereocenters. The SMILES string of the molecule is C[N+](C)(C)CCOC(N)=O.O=C1CCC(=O)N1.[Cl-]. The molecule has 3 amide bonds. The molecule has 106 valence electrons. The van der Waals surface area contributed by atoms with Crippen LogP contribution in [0.1, 0.15) is 12.8 Å². The first kappa shape index (κ1) is 19.0. The van der Waals surface area contributed by atoms with Gasteiger partial charge in [0.15, 0.2) is 0 Å². The summed E-state index contributed by atoms with van der Waals surface area (Å²) in [6, 6.07) is 0.